The third-order valence-corrected chi connectivity index (χ3v) is 3.65. The molecule has 0 aliphatic rings. The van der Waals surface area contributed by atoms with E-state index in [0.717, 1.165) is 10.0 Å². The van der Waals surface area contributed by atoms with Crippen LogP contribution in [0.1, 0.15) is 4.88 Å². The third-order valence-electron chi connectivity index (χ3n) is 1.69. The zero-order chi connectivity index (χ0) is 10.1. The number of nitrogens with zero attached hydrogens (tertiary/aromatic N) is 2. The van der Waals surface area contributed by atoms with E-state index in [4.69, 9.17) is 11.6 Å². The van der Waals surface area contributed by atoms with Crippen LogP contribution in [-0.2, 0) is 0 Å². The Morgan fingerprint density at radius 1 is 1.50 bits per heavy atom. The molecule has 0 saturated heterocycles. The van der Waals surface area contributed by atoms with E-state index in [1.54, 1.807) is 17.5 Å². The lowest BCUT2D eigenvalue weighted by Crippen LogP contribution is -1.87. The molecule has 14 heavy (non-hydrogen) atoms. The molecule has 72 valence electrons. The summed E-state index contributed by atoms with van der Waals surface area (Å²) in [4.78, 5) is 9.60. The van der Waals surface area contributed by atoms with Crippen LogP contribution in [0.2, 0.25) is 5.15 Å². The summed E-state index contributed by atoms with van der Waals surface area (Å²) in [6, 6.07) is 2.05. The highest BCUT2D eigenvalue weighted by atomic mass is 79.9. The smallest absolute Gasteiger partial charge is 0.161 e. The topological polar surface area (TPSA) is 25.8 Å². The van der Waals surface area contributed by atoms with Gasteiger partial charge in [-0.25, -0.2) is 9.97 Å². The molecule has 0 amide bonds. The van der Waals surface area contributed by atoms with Crippen molar-refractivity contribution in [3.63, 3.8) is 0 Å². The molecule has 0 aliphatic heterocycles. The van der Waals surface area contributed by atoms with Gasteiger partial charge in [-0.05, 0) is 28.9 Å². The van der Waals surface area contributed by atoms with Gasteiger partial charge in [-0.15, -0.1) is 11.3 Å². The number of hydrogen-bond donors (Lipinski definition) is 0. The quantitative estimate of drug-likeness (QED) is 0.743. The fourth-order valence-electron chi connectivity index (χ4n) is 1.05. The van der Waals surface area contributed by atoms with Crippen LogP contribution in [0.4, 0.5) is 0 Å². The normalized spacial score (nSPS) is 10.5. The van der Waals surface area contributed by atoms with Gasteiger partial charge in [0.15, 0.2) is 5.82 Å². The van der Waals surface area contributed by atoms with Crippen molar-refractivity contribution in [2.45, 2.75) is 6.92 Å². The highest BCUT2D eigenvalue weighted by Gasteiger charge is 2.06. The van der Waals surface area contributed by atoms with Crippen LogP contribution >= 0.6 is 38.9 Å². The third kappa shape index (κ3) is 1.97. The van der Waals surface area contributed by atoms with Crippen LogP contribution in [0.15, 0.2) is 22.1 Å². The molecule has 0 atom stereocenters. The highest BCUT2D eigenvalue weighted by molar-refractivity contribution is 9.10. The maximum absolute atomic E-state index is 5.88. The largest absolute Gasteiger partial charge is 0.235 e. The molecule has 0 aromatic carbocycles. The molecule has 2 heterocycles. The molecular formula is C9H6BrClN2S. The van der Waals surface area contributed by atoms with Crippen LogP contribution in [0.25, 0.3) is 11.4 Å². The van der Waals surface area contributed by atoms with Crippen LogP contribution < -0.4 is 0 Å². The van der Waals surface area contributed by atoms with Gasteiger partial charge in [-0.2, -0.15) is 0 Å². The summed E-state index contributed by atoms with van der Waals surface area (Å²) in [5.74, 6) is 0.669. The SMILES string of the molecule is Cc1cc(-c2ncc(Br)c(Cl)n2)cs1. The second-order valence-corrected chi connectivity index (χ2v) is 5.11. The van der Waals surface area contributed by atoms with Gasteiger partial charge in [0.25, 0.3) is 0 Å². The minimum Gasteiger partial charge on any atom is -0.235 e. The maximum atomic E-state index is 5.88. The molecule has 0 fully saturated rings. The van der Waals surface area contributed by atoms with E-state index in [1.165, 1.54) is 4.88 Å². The molecule has 0 radical (unpaired) electrons. The first-order chi connectivity index (χ1) is 6.66. The molecule has 0 N–H and O–H groups in total. The molecule has 2 rings (SSSR count). The Bertz CT molecular complexity index is 470. The summed E-state index contributed by atoms with van der Waals surface area (Å²) >= 11 is 10.8. The van der Waals surface area contributed by atoms with Gasteiger partial charge in [0.05, 0.1) is 4.47 Å². The van der Waals surface area contributed by atoms with E-state index in [-0.39, 0.29) is 0 Å². The lowest BCUT2D eigenvalue weighted by Gasteiger charge is -1.97. The van der Waals surface area contributed by atoms with Crippen molar-refractivity contribution in [2.75, 3.05) is 0 Å². The van der Waals surface area contributed by atoms with Crippen molar-refractivity contribution in [3.8, 4) is 11.4 Å². The molecule has 0 aliphatic carbocycles. The summed E-state index contributed by atoms with van der Waals surface area (Å²) in [5, 5.41) is 2.47. The lowest BCUT2D eigenvalue weighted by atomic mass is 10.3. The Kier molecular flexibility index (Phi) is 2.85. The molecule has 0 spiro atoms. The van der Waals surface area contributed by atoms with E-state index in [2.05, 4.69) is 32.8 Å². The Balaban J connectivity index is 2.47. The first-order valence-electron chi connectivity index (χ1n) is 3.90. The molecule has 0 bridgehead atoms. The number of rotatable bonds is 1. The Morgan fingerprint density at radius 3 is 2.86 bits per heavy atom. The fraction of sp³-hybridized carbons (Fsp3) is 0.111. The van der Waals surface area contributed by atoms with Crippen molar-refractivity contribution in [1.82, 2.24) is 9.97 Å². The zero-order valence-electron chi connectivity index (χ0n) is 7.29. The molecule has 2 nitrogen and oxygen atoms in total. The minimum atomic E-state index is 0.443. The van der Waals surface area contributed by atoms with E-state index < -0.39 is 0 Å². The average molecular weight is 290 g/mol. The predicted molar refractivity (Wildman–Crippen MR) is 62.8 cm³/mol. The number of thiophene rings is 1. The van der Waals surface area contributed by atoms with Crippen LogP contribution in [-0.4, -0.2) is 9.97 Å². The van der Waals surface area contributed by atoms with Gasteiger partial charge in [0.1, 0.15) is 5.15 Å². The fourth-order valence-corrected chi connectivity index (χ4v) is 2.05. The van der Waals surface area contributed by atoms with Gasteiger partial charge < -0.3 is 0 Å². The monoisotopic (exact) mass is 288 g/mol. The minimum absolute atomic E-state index is 0.443. The first kappa shape index (κ1) is 10.1. The van der Waals surface area contributed by atoms with Gasteiger partial charge in [0, 0.05) is 22.0 Å². The molecule has 0 saturated carbocycles. The van der Waals surface area contributed by atoms with Crippen LogP contribution in [0.5, 0.6) is 0 Å². The van der Waals surface area contributed by atoms with E-state index in [0.29, 0.717) is 11.0 Å². The summed E-state index contributed by atoms with van der Waals surface area (Å²) in [5.41, 5.74) is 1.02. The molecule has 0 unspecified atom stereocenters. The number of aromatic nitrogens is 2. The van der Waals surface area contributed by atoms with Crippen molar-refractivity contribution >= 4 is 38.9 Å². The van der Waals surface area contributed by atoms with Crippen LogP contribution in [0, 0.1) is 6.92 Å². The standard InChI is InChI=1S/C9H6BrClN2S/c1-5-2-6(4-14-5)9-12-3-7(10)8(11)13-9/h2-4H,1H3. The highest BCUT2D eigenvalue weighted by Crippen LogP contribution is 2.25. The van der Waals surface area contributed by atoms with E-state index in [1.807, 2.05) is 11.4 Å². The second-order valence-electron chi connectivity index (χ2n) is 2.78. The van der Waals surface area contributed by atoms with Gasteiger partial charge in [-0.3, -0.25) is 0 Å². The van der Waals surface area contributed by atoms with Crippen LogP contribution in [0.3, 0.4) is 0 Å². The molecule has 2 aromatic rings. The molecular weight excluding hydrogens is 284 g/mol. The lowest BCUT2D eigenvalue weighted by molar-refractivity contribution is 1.16. The Hall–Kier alpha value is -0.450. The molecule has 5 heteroatoms. The zero-order valence-corrected chi connectivity index (χ0v) is 10.4. The summed E-state index contributed by atoms with van der Waals surface area (Å²) in [6.45, 7) is 2.05. The van der Waals surface area contributed by atoms with Gasteiger partial charge >= 0.3 is 0 Å². The number of aryl methyl sites for hydroxylation is 1. The second kappa shape index (κ2) is 3.96. The van der Waals surface area contributed by atoms with Crippen molar-refractivity contribution in [2.24, 2.45) is 0 Å². The van der Waals surface area contributed by atoms with E-state index >= 15 is 0 Å². The first-order valence-corrected chi connectivity index (χ1v) is 5.95. The Morgan fingerprint density at radius 2 is 2.29 bits per heavy atom. The van der Waals surface area contributed by atoms with Gasteiger partial charge in [-0.1, -0.05) is 11.6 Å². The van der Waals surface area contributed by atoms with Crippen molar-refractivity contribution in [3.05, 3.63) is 32.1 Å². The summed E-state index contributed by atoms with van der Waals surface area (Å²) < 4.78 is 0.717. The van der Waals surface area contributed by atoms with Crippen molar-refractivity contribution in [1.29, 1.82) is 0 Å². The number of hydrogen-bond acceptors (Lipinski definition) is 3. The summed E-state index contributed by atoms with van der Waals surface area (Å²) in [7, 11) is 0. The maximum Gasteiger partial charge on any atom is 0.161 e. The van der Waals surface area contributed by atoms with Gasteiger partial charge in [0.2, 0.25) is 0 Å². The number of halogens is 2. The van der Waals surface area contributed by atoms with Crippen molar-refractivity contribution < 1.29 is 0 Å². The average Bonchev–Trinajstić information content (AvgIpc) is 2.57. The Labute approximate surface area is 99.1 Å². The predicted octanol–water partition coefficient (Wildman–Crippen LogP) is 3.93. The summed E-state index contributed by atoms with van der Waals surface area (Å²) in [6.07, 6.45) is 1.66. The van der Waals surface area contributed by atoms with E-state index in [9.17, 15) is 0 Å². The molecule has 2 aromatic heterocycles.